The first kappa shape index (κ1) is 9.41. The van der Waals surface area contributed by atoms with Crippen LogP contribution in [0.5, 0.6) is 0 Å². The Bertz CT molecular complexity index is 552. The van der Waals surface area contributed by atoms with Gasteiger partial charge in [0.2, 0.25) is 0 Å². The molecule has 0 saturated heterocycles. The third-order valence-corrected chi connectivity index (χ3v) is 2.47. The molecule has 1 unspecified atom stereocenters. The topological polar surface area (TPSA) is 58.2 Å². The highest BCUT2D eigenvalue weighted by molar-refractivity contribution is 5.73. The number of imidazole rings is 1. The molecule has 0 aromatic carbocycles. The zero-order valence-corrected chi connectivity index (χ0v) is 8.21. The van der Waals surface area contributed by atoms with Crippen LogP contribution in [-0.4, -0.2) is 15.7 Å². The number of carbonyl (C=O) groups is 1. The minimum Gasteiger partial charge on any atom is -0.307 e. The van der Waals surface area contributed by atoms with Crippen LogP contribution < -0.4 is 0 Å². The van der Waals surface area contributed by atoms with E-state index < -0.39 is 5.41 Å². The van der Waals surface area contributed by atoms with Crippen molar-refractivity contribution in [2.75, 3.05) is 0 Å². The van der Waals surface area contributed by atoms with E-state index in [1.807, 2.05) is 16.7 Å². The van der Waals surface area contributed by atoms with Gasteiger partial charge in [0.1, 0.15) is 17.3 Å². The molecule has 0 N–H and O–H groups in total. The fourth-order valence-corrected chi connectivity index (χ4v) is 1.39. The zero-order chi connectivity index (χ0) is 10.9. The molecule has 4 nitrogen and oxygen atoms in total. The van der Waals surface area contributed by atoms with Crippen molar-refractivity contribution in [3.63, 3.8) is 0 Å². The van der Waals surface area contributed by atoms with Gasteiger partial charge >= 0.3 is 0 Å². The molecule has 2 aromatic heterocycles. The molecule has 2 rings (SSSR count). The van der Waals surface area contributed by atoms with Crippen molar-refractivity contribution in [2.24, 2.45) is 0 Å². The largest absolute Gasteiger partial charge is 0.307 e. The van der Waals surface area contributed by atoms with Crippen molar-refractivity contribution in [1.29, 1.82) is 5.26 Å². The molecule has 0 saturated carbocycles. The first-order chi connectivity index (χ1) is 7.19. The lowest BCUT2D eigenvalue weighted by molar-refractivity contribution is -0.110. The number of nitrogens with zero attached hydrogens (tertiary/aromatic N) is 3. The third-order valence-electron chi connectivity index (χ3n) is 2.47. The summed E-state index contributed by atoms with van der Waals surface area (Å²) in [5.41, 5.74) is 0.308. The lowest BCUT2D eigenvalue weighted by Gasteiger charge is -2.13. The lowest BCUT2D eigenvalue weighted by atomic mass is 9.86. The minimum absolute atomic E-state index is 0.655. The second-order valence-electron chi connectivity index (χ2n) is 3.54. The van der Waals surface area contributed by atoms with Crippen molar-refractivity contribution < 1.29 is 4.79 Å². The fourth-order valence-electron chi connectivity index (χ4n) is 1.39. The van der Waals surface area contributed by atoms with Crippen LogP contribution >= 0.6 is 0 Å². The summed E-state index contributed by atoms with van der Waals surface area (Å²) >= 11 is 0. The van der Waals surface area contributed by atoms with E-state index in [4.69, 9.17) is 5.26 Å². The van der Waals surface area contributed by atoms with Gasteiger partial charge in [-0.3, -0.25) is 0 Å². The summed E-state index contributed by atoms with van der Waals surface area (Å²) in [6.07, 6.45) is 5.92. The summed E-state index contributed by atoms with van der Waals surface area (Å²) in [7, 11) is 0. The van der Waals surface area contributed by atoms with E-state index in [1.165, 1.54) is 0 Å². The number of rotatable bonds is 2. The van der Waals surface area contributed by atoms with Gasteiger partial charge in [-0.15, -0.1) is 0 Å². The van der Waals surface area contributed by atoms with Crippen LogP contribution in [0, 0.1) is 11.3 Å². The van der Waals surface area contributed by atoms with Crippen LogP contribution in [0.15, 0.2) is 30.7 Å². The molecule has 15 heavy (non-hydrogen) atoms. The highest BCUT2D eigenvalue weighted by Crippen LogP contribution is 2.21. The normalized spacial score (nSPS) is 14.4. The zero-order valence-electron chi connectivity index (χ0n) is 8.21. The Kier molecular flexibility index (Phi) is 2.01. The Morgan fingerprint density at radius 1 is 1.60 bits per heavy atom. The van der Waals surface area contributed by atoms with Gasteiger partial charge in [0.25, 0.3) is 0 Å². The second kappa shape index (κ2) is 3.21. The molecule has 74 valence electrons. The van der Waals surface area contributed by atoms with Crippen molar-refractivity contribution >= 4 is 11.9 Å². The van der Waals surface area contributed by atoms with Crippen LogP contribution in [0.4, 0.5) is 0 Å². The van der Waals surface area contributed by atoms with Gasteiger partial charge in [-0.25, -0.2) is 4.98 Å². The standard InChI is InChI=1S/C11H9N3O/c1-11(7-12,8-15)9-2-4-14-5-3-13-10(14)6-9/h2-6,8H,1H3. The summed E-state index contributed by atoms with van der Waals surface area (Å²) in [5.74, 6) is 0. The number of aldehydes is 1. The maximum absolute atomic E-state index is 10.9. The van der Waals surface area contributed by atoms with Gasteiger partial charge in [-0.1, -0.05) is 0 Å². The summed E-state index contributed by atoms with van der Waals surface area (Å²) in [6.45, 7) is 1.59. The van der Waals surface area contributed by atoms with E-state index in [0.717, 1.165) is 5.65 Å². The summed E-state index contributed by atoms with van der Waals surface area (Å²) in [5, 5.41) is 8.95. The van der Waals surface area contributed by atoms with Crippen molar-refractivity contribution in [1.82, 2.24) is 9.38 Å². The number of carbonyl (C=O) groups excluding carboxylic acids is 1. The smallest absolute Gasteiger partial charge is 0.144 e. The van der Waals surface area contributed by atoms with E-state index in [9.17, 15) is 4.79 Å². The molecule has 0 spiro atoms. The molecule has 0 aliphatic heterocycles. The van der Waals surface area contributed by atoms with Crippen LogP contribution in [0.3, 0.4) is 0 Å². The Balaban J connectivity index is 2.62. The first-order valence-corrected chi connectivity index (χ1v) is 4.50. The van der Waals surface area contributed by atoms with Crippen molar-refractivity contribution in [2.45, 2.75) is 12.3 Å². The second-order valence-corrected chi connectivity index (χ2v) is 3.54. The van der Waals surface area contributed by atoms with Gasteiger partial charge in [-0.2, -0.15) is 5.26 Å². The molecule has 0 radical (unpaired) electrons. The lowest BCUT2D eigenvalue weighted by Crippen LogP contribution is -2.21. The maximum Gasteiger partial charge on any atom is 0.144 e. The van der Waals surface area contributed by atoms with E-state index in [-0.39, 0.29) is 0 Å². The number of pyridine rings is 1. The quantitative estimate of drug-likeness (QED) is 0.685. The molecule has 2 heterocycles. The predicted molar refractivity (Wildman–Crippen MR) is 54.2 cm³/mol. The van der Waals surface area contributed by atoms with Crippen LogP contribution in [0.1, 0.15) is 12.5 Å². The van der Waals surface area contributed by atoms with Crippen molar-refractivity contribution in [3.05, 3.63) is 36.3 Å². The minimum atomic E-state index is -1.09. The highest BCUT2D eigenvalue weighted by Gasteiger charge is 2.25. The molecule has 1 atom stereocenters. The van der Waals surface area contributed by atoms with E-state index in [0.29, 0.717) is 11.8 Å². The molecule has 0 fully saturated rings. The maximum atomic E-state index is 10.9. The monoisotopic (exact) mass is 199 g/mol. The molecule has 0 bridgehead atoms. The Hall–Kier alpha value is -2.15. The highest BCUT2D eigenvalue weighted by atomic mass is 16.1. The van der Waals surface area contributed by atoms with E-state index in [1.54, 1.807) is 31.5 Å². The molecule has 0 aliphatic carbocycles. The summed E-state index contributed by atoms with van der Waals surface area (Å²) in [4.78, 5) is 15.0. The van der Waals surface area contributed by atoms with Gasteiger partial charge in [0.15, 0.2) is 0 Å². The van der Waals surface area contributed by atoms with Gasteiger partial charge < -0.3 is 9.20 Å². The molecular weight excluding hydrogens is 190 g/mol. The van der Waals surface area contributed by atoms with E-state index in [2.05, 4.69) is 4.98 Å². The number of aromatic nitrogens is 2. The van der Waals surface area contributed by atoms with Gasteiger partial charge in [0, 0.05) is 18.6 Å². The van der Waals surface area contributed by atoms with Gasteiger partial charge in [-0.05, 0) is 24.6 Å². The molecule has 2 aromatic rings. The number of hydrogen-bond donors (Lipinski definition) is 0. The fraction of sp³-hybridized carbons (Fsp3) is 0.182. The SMILES string of the molecule is CC(C#N)(C=O)c1ccn2ccnc2c1. The van der Waals surface area contributed by atoms with Crippen LogP contribution in [-0.2, 0) is 10.2 Å². The number of hydrogen-bond acceptors (Lipinski definition) is 3. The summed E-state index contributed by atoms with van der Waals surface area (Å²) < 4.78 is 1.83. The van der Waals surface area contributed by atoms with Crippen molar-refractivity contribution in [3.8, 4) is 6.07 Å². The molecule has 0 amide bonds. The Morgan fingerprint density at radius 3 is 3.07 bits per heavy atom. The Labute approximate surface area is 86.8 Å². The number of fused-ring (bicyclic) bond motifs is 1. The van der Waals surface area contributed by atoms with Crippen LogP contribution in [0.2, 0.25) is 0 Å². The first-order valence-electron chi connectivity index (χ1n) is 4.50. The number of nitriles is 1. The predicted octanol–water partition coefficient (Wildman–Crippen LogP) is 1.31. The molecule has 0 aliphatic rings. The third kappa shape index (κ3) is 1.38. The average Bonchev–Trinajstić information content (AvgIpc) is 2.74. The van der Waals surface area contributed by atoms with E-state index >= 15 is 0 Å². The van der Waals surface area contributed by atoms with Gasteiger partial charge in [0.05, 0.1) is 6.07 Å². The molecular formula is C11H9N3O. The summed E-state index contributed by atoms with van der Waals surface area (Å²) in [6, 6.07) is 5.50. The average molecular weight is 199 g/mol. The Morgan fingerprint density at radius 2 is 2.40 bits per heavy atom. The molecule has 4 heteroatoms. The van der Waals surface area contributed by atoms with Crippen LogP contribution in [0.25, 0.3) is 5.65 Å².